The van der Waals surface area contributed by atoms with Crippen molar-refractivity contribution in [2.24, 2.45) is 0 Å². The molecule has 2 aromatic carbocycles. The van der Waals surface area contributed by atoms with E-state index in [0.29, 0.717) is 15.4 Å². The van der Waals surface area contributed by atoms with Crippen LogP contribution in [0.4, 0.5) is 0 Å². The molecule has 0 saturated heterocycles. The van der Waals surface area contributed by atoms with E-state index in [1.807, 2.05) is 13.0 Å². The Morgan fingerprint density at radius 3 is 2.50 bits per heavy atom. The fourth-order valence-electron chi connectivity index (χ4n) is 3.58. The molecule has 0 bridgehead atoms. The summed E-state index contributed by atoms with van der Waals surface area (Å²) in [6, 6.07) is 15.2. The van der Waals surface area contributed by atoms with E-state index in [1.165, 1.54) is 27.9 Å². The number of hydrogen-bond donors (Lipinski definition) is 1. The van der Waals surface area contributed by atoms with Gasteiger partial charge < -0.3 is 9.88 Å². The van der Waals surface area contributed by atoms with E-state index >= 15 is 0 Å². The van der Waals surface area contributed by atoms with Gasteiger partial charge in [-0.05, 0) is 58.7 Å². The lowest BCUT2D eigenvalue weighted by molar-refractivity contribution is 0.0961. The molecular weight excluding hydrogens is 494 g/mol. The molecule has 0 aliphatic carbocycles. The molecular formula is C23H20BrN3O4S. The normalized spacial score (nSPS) is 11.6. The highest BCUT2D eigenvalue weighted by molar-refractivity contribution is 9.10. The molecule has 1 N–H and O–H groups in total. The number of nitrogens with one attached hydrogen (secondary N) is 1. The highest BCUT2D eigenvalue weighted by atomic mass is 79.9. The predicted molar refractivity (Wildman–Crippen MR) is 127 cm³/mol. The summed E-state index contributed by atoms with van der Waals surface area (Å²) in [6.45, 7) is 2.07. The van der Waals surface area contributed by atoms with Crippen molar-refractivity contribution >= 4 is 42.8 Å². The van der Waals surface area contributed by atoms with Crippen molar-refractivity contribution in [3.05, 3.63) is 98.5 Å². The van der Waals surface area contributed by atoms with Crippen LogP contribution in [0.25, 0.3) is 10.9 Å². The third-order valence-corrected chi connectivity index (χ3v) is 7.37. The van der Waals surface area contributed by atoms with Gasteiger partial charge in [0, 0.05) is 29.3 Å². The summed E-state index contributed by atoms with van der Waals surface area (Å²) >= 11 is 3.35. The summed E-state index contributed by atoms with van der Waals surface area (Å²) < 4.78 is 29.7. The first-order chi connectivity index (χ1) is 15.2. The van der Waals surface area contributed by atoms with Gasteiger partial charge in [0.25, 0.3) is 21.5 Å². The number of nitrogens with zero attached hydrogens (tertiary/aromatic N) is 2. The van der Waals surface area contributed by atoms with Gasteiger partial charge in [0.1, 0.15) is 5.56 Å². The Balaban J connectivity index is 1.80. The zero-order valence-corrected chi connectivity index (χ0v) is 19.8. The van der Waals surface area contributed by atoms with E-state index < -0.39 is 21.5 Å². The van der Waals surface area contributed by atoms with Gasteiger partial charge in [-0.3, -0.25) is 9.59 Å². The van der Waals surface area contributed by atoms with E-state index in [4.69, 9.17) is 0 Å². The van der Waals surface area contributed by atoms with Crippen molar-refractivity contribution in [2.45, 2.75) is 18.4 Å². The first-order valence-corrected chi connectivity index (χ1v) is 12.0. The average molecular weight is 514 g/mol. The molecule has 0 saturated carbocycles. The van der Waals surface area contributed by atoms with Crippen LogP contribution in [0.15, 0.2) is 81.2 Å². The van der Waals surface area contributed by atoms with Crippen molar-refractivity contribution in [3.63, 3.8) is 0 Å². The van der Waals surface area contributed by atoms with Gasteiger partial charge >= 0.3 is 0 Å². The van der Waals surface area contributed by atoms with Crippen LogP contribution in [-0.4, -0.2) is 29.9 Å². The van der Waals surface area contributed by atoms with Crippen LogP contribution in [0.1, 0.15) is 21.5 Å². The van der Waals surface area contributed by atoms with E-state index in [1.54, 1.807) is 48.7 Å². The monoisotopic (exact) mass is 513 g/mol. The minimum absolute atomic E-state index is 0.0218. The minimum atomic E-state index is -3.78. The van der Waals surface area contributed by atoms with Crippen LogP contribution in [0.2, 0.25) is 0 Å². The Morgan fingerprint density at radius 2 is 1.81 bits per heavy atom. The number of carbonyl (C=O) groups excluding carboxylic acids is 1. The highest BCUT2D eigenvalue weighted by Gasteiger charge is 2.20. The lowest BCUT2D eigenvalue weighted by Gasteiger charge is -2.11. The molecule has 0 aliphatic rings. The van der Waals surface area contributed by atoms with Crippen molar-refractivity contribution in [1.29, 1.82) is 0 Å². The number of rotatable bonds is 5. The second-order valence-electron chi connectivity index (χ2n) is 7.36. The van der Waals surface area contributed by atoms with E-state index in [0.717, 1.165) is 11.1 Å². The molecule has 0 aliphatic heterocycles. The largest absolute Gasteiger partial charge is 0.355 e. The zero-order chi connectivity index (χ0) is 23.0. The Kier molecular flexibility index (Phi) is 5.79. The molecule has 0 spiro atoms. The second kappa shape index (κ2) is 8.40. The molecule has 32 heavy (non-hydrogen) atoms. The van der Waals surface area contributed by atoms with E-state index in [2.05, 4.69) is 21.2 Å². The summed E-state index contributed by atoms with van der Waals surface area (Å²) in [5.41, 5.74) is 1.82. The molecule has 4 aromatic rings. The maximum atomic E-state index is 13.2. The lowest BCUT2D eigenvalue weighted by atomic mass is 10.1. The summed E-state index contributed by atoms with van der Waals surface area (Å²) in [4.78, 5) is 25.1. The molecule has 7 nitrogen and oxygen atoms in total. The second-order valence-corrected chi connectivity index (χ2v) is 10.1. The zero-order valence-electron chi connectivity index (χ0n) is 17.4. The fourth-order valence-corrected chi connectivity index (χ4v) is 5.40. The van der Waals surface area contributed by atoms with Crippen LogP contribution in [0, 0.1) is 6.92 Å². The highest BCUT2D eigenvalue weighted by Crippen LogP contribution is 2.26. The first-order valence-electron chi connectivity index (χ1n) is 9.75. The van der Waals surface area contributed by atoms with Crippen LogP contribution >= 0.6 is 15.9 Å². The number of benzene rings is 2. The topological polar surface area (TPSA) is 90.2 Å². The molecule has 0 atom stereocenters. The van der Waals surface area contributed by atoms with Crippen molar-refractivity contribution in [2.75, 3.05) is 7.05 Å². The lowest BCUT2D eigenvalue weighted by Crippen LogP contribution is -2.31. The Labute approximate surface area is 193 Å². The summed E-state index contributed by atoms with van der Waals surface area (Å²) in [5, 5.41) is 3.17. The standard InChI is InChI=1S/C23H20BrN3O4S/c1-15-6-8-18(9-7-15)32(30,31)27-11-10-19-16(4-3-5-21(19)27)13-26-14-17(24)12-20(23(26)29)22(28)25-2/h3-12,14H,13H2,1-2H3,(H,25,28). The van der Waals surface area contributed by atoms with Crippen molar-refractivity contribution < 1.29 is 13.2 Å². The van der Waals surface area contributed by atoms with Crippen LogP contribution in [-0.2, 0) is 16.6 Å². The molecule has 0 unspecified atom stereocenters. The van der Waals surface area contributed by atoms with E-state index in [9.17, 15) is 18.0 Å². The molecule has 1 amide bonds. The molecule has 0 fully saturated rings. The van der Waals surface area contributed by atoms with Crippen LogP contribution in [0.5, 0.6) is 0 Å². The van der Waals surface area contributed by atoms with E-state index in [-0.39, 0.29) is 17.0 Å². The Bertz CT molecular complexity index is 1500. The van der Waals surface area contributed by atoms with Gasteiger partial charge in [0.2, 0.25) is 0 Å². The molecule has 0 radical (unpaired) electrons. The number of amides is 1. The third kappa shape index (κ3) is 3.89. The maximum Gasteiger partial charge on any atom is 0.268 e. The number of halogens is 1. The summed E-state index contributed by atoms with van der Waals surface area (Å²) in [7, 11) is -2.31. The Hall–Kier alpha value is -3.17. The number of hydrogen-bond acceptors (Lipinski definition) is 4. The third-order valence-electron chi connectivity index (χ3n) is 5.23. The number of aryl methyl sites for hydroxylation is 1. The van der Waals surface area contributed by atoms with Gasteiger partial charge in [-0.15, -0.1) is 0 Å². The molecule has 164 valence electrons. The van der Waals surface area contributed by atoms with Gasteiger partial charge in [0.15, 0.2) is 0 Å². The molecule has 4 rings (SSSR count). The summed E-state index contributed by atoms with van der Waals surface area (Å²) in [6.07, 6.45) is 3.12. The van der Waals surface area contributed by atoms with Gasteiger partial charge in [-0.1, -0.05) is 29.8 Å². The predicted octanol–water partition coefficient (Wildman–Crippen LogP) is 3.52. The fraction of sp³-hybridized carbons (Fsp3) is 0.130. The maximum absolute atomic E-state index is 13.2. The SMILES string of the molecule is CNC(=O)c1cc(Br)cn(Cc2cccc3c2ccn3S(=O)(=O)c2ccc(C)cc2)c1=O. The van der Waals surface area contributed by atoms with Gasteiger partial charge in [0.05, 0.1) is 17.0 Å². The Morgan fingerprint density at radius 1 is 1.09 bits per heavy atom. The van der Waals surface area contributed by atoms with Gasteiger partial charge in [-0.25, -0.2) is 12.4 Å². The van der Waals surface area contributed by atoms with Gasteiger partial charge in [-0.2, -0.15) is 0 Å². The average Bonchev–Trinajstić information content (AvgIpc) is 3.22. The minimum Gasteiger partial charge on any atom is -0.355 e. The van der Waals surface area contributed by atoms with Crippen molar-refractivity contribution in [1.82, 2.24) is 13.9 Å². The smallest absolute Gasteiger partial charge is 0.268 e. The number of aromatic nitrogens is 2. The number of carbonyl (C=O) groups is 1. The number of fused-ring (bicyclic) bond motifs is 1. The van der Waals surface area contributed by atoms with Crippen LogP contribution < -0.4 is 10.9 Å². The number of pyridine rings is 1. The first kappa shape index (κ1) is 22.0. The van der Waals surface area contributed by atoms with Crippen molar-refractivity contribution in [3.8, 4) is 0 Å². The van der Waals surface area contributed by atoms with Crippen LogP contribution in [0.3, 0.4) is 0 Å². The molecule has 2 aromatic heterocycles. The summed E-state index contributed by atoms with van der Waals surface area (Å²) in [5.74, 6) is -0.474. The molecule has 9 heteroatoms. The quantitative estimate of drug-likeness (QED) is 0.442. The molecule has 2 heterocycles.